The van der Waals surface area contributed by atoms with Gasteiger partial charge in [0, 0.05) is 10.5 Å². The summed E-state index contributed by atoms with van der Waals surface area (Å²) in [5.74, 6) is -0.0363. The number of methoxy groups -OCH3 is 1. The lowest BCUT2D eigenvalue weighted by atomic mass is 10.2. The maximum atomic E-state index is 11.1. The van der Waals surface area contributed by atoms with Crippen LogP contribution in [0.1, 0.15) is 0 Å². The van der Waals surface area contributed by atoms with Gasteiger partial charge < -0.3 is 9.72 Å². The molecule has 0 radical (unpaired) electrons. The molecule has 0 fully saturated rings. The van der Waals surface area contributed by atoms with Crippen LogP contribution in [0.5, 0.6) is 0 Å². The number of imidazole rings is 1. The Labute approximate surface area is 114 Å². The van der Waals surface area contributed by atoms with E-state index in [1.54, 1.807) is 18.6 Å². The van der Waals surface area contributed by atoms with Gasteiger partial charge in [-0.15, -0.1) is 11.8 Å². The lowest BCUT2D eigenvalue weighted by molar-refractivity contribution is -0.137. The molecule has 18 heavy (non-hydrogen) atoms. The third-order valence-electron chi connectivity index (χ3n) is 2.31. The van der Waals surface area contributed by atoms with Crippen LogP contribution in [0.3, 0.4) is 0 Å². The number of aromatic nitrogens is 2. The van der Waals surface area contributed by atoms with Crippen LogP contribution in [-0.2, 0) is 9.53 Å². The summed E-state index contributed by atoms with van der Waals surface area (Å²) in [4.78, 5) is 18.9. The molecule has 0 spiro atoms. The number of H-pyrrole nitrogens is 1. The zero-order chi connectivity index (χ0) is 13.0. The average molecular weight is 283 g/mol. The van der Waals surface area contributed by atoms with Crippen molar-refractivity contribution < 1.29 is 9.53 Å². The van der Waals surface area contributed by atoms with Crippen molar-refractivity contribution in [2.75, 3.05) is 12.9 Å². The second-order valence-electron chi connectivity index (χ2n) is 3.48. The molecular weight excluding hydrogens is 272 g/mol. The molecule has 4 nitrogen and oxygen atoms in total. The first-order valence-electron chi connectivity index (χ1n) is 5.18. The van der Waals surface area contributed by atoms with Crippen molar-refractivity contribution >= 4 is 29.3 Å². The molecule has 1 aromatic carbocycles. The van der Waals surface area contributed by atoms with Crippen molar-refractivity contribution in [3.8, 4) is 11.3 Å². The predicted molar refractivity (Wildman–Crippen MR) is 71.8 cm³/mol. The number of aromatic amines is 1. The average Bonchev–Trinajstić information content (AvgIpc) is 2.91. The molecular formula is C12H11ClN2O2S. The van der Waals surface area contributed by atoms with E-state index in [-0.39, 0.29) is 11.7 Å². The van der Waals surface area contributed by atoms with Crippen molar-refractivity contribution in [3.05, 3.63) is 35.7 Å². The van der Waals surface area contributed by atoms with Gasteiger partial charge in [-0.25, -0.2) is 4.98 Å². The first kappa shape index (κ1) is 13.0. The Kier molecular flexibility index (Phi) is 4.28. The van der Waals surface area contributed by atoms with Gasteiger partial charge in [0.15, 0.2) is 0 Å². The normalized spacial score (nSPS) is 10.3. The number of nitrogens with zero attached hydrogens (tertiary/aromatic N) is 1. The zero-order valence-corrected chi connectivity index (χ0v) is 11.2. The molecule has 0 saturated carbocycles. The second kappa shape index (κ2) is 5.93. The van der Waals surface area contributed by atoms with Gasteiger partial charge in [0.25, 0.3) is 0 Å². The number of rotatable bonds is 4. The van der Waals surface area contributed by atoms with Crippen molar-refractivity contribution in [2.45, 2.75) is 4.90 Å². The van der Waals surface area contributed by atoms with Crippen LogP contribution in [-0.4, -0.2) is 28.8 Å². The minimum Gasteiger partial charge on any atom is -0.468 e. The highest BCUT2D eigenvalue weighted by Gasteiger charge is 2.08. The first-order valence-corrected chi connectivity index (χ1v) is 6.55. The van der Waals surface area contributed by atoms with E-state index < -0.39 is 0 Å². The molecule has 94 valence electrons. The number of ether oxygens (including phenoxy) is 1. The van der Waals surface area contributed by atoms with Crippen molar-refractivity contribution in [1.82, 2.24) is 9.97 Å². The number of carbonyl (C=O) groups is 1. The molecule has 0 aliphatic heterocycles. The molecule has 2 rings (SSSR count). The lowest BCUT2D eigenvalue weighted by Crippen LogP contribution is -2.02. The molecule has 1 N–H and O–H groups in total. The number of halogens is 1. The summed E-state index contributed by atoms with van der Waals surface area (Å²) >= 11 is 7.44. The molecule has 0 atom stereocenters. The van der Waals surface area contributed by atoms with Gasteiger partial charge in [0.1, 0.15) is 0 Å². The maximum Gasteiger partial charge on any atom is 0.315 e. The Hall–Kier alpha value is -1.46. The van der Waals surface area contributed by atoms with E-state index in [0.717, 1.165) is 16.2 Å². The number of esters is 1. The molecule has 0 amide bonds. The van der Waals surface area contributed by atoms with Gasteiger partial charge in [-0.05, 0) is 12.1 Å². The minimum absolute atomic E-state index is 0.239. The number of hydrogen-bond donors (Lipinski definition) is 1. The van der Waals surface area contributed by atoms with Crippen LogP contribution >= 0.6 is 23.4 Å². The monoisotopic (exact) mass is 282 g/mol. The summed E-state index contributed by atoms with van der Waals surface area (Å²) in [5, 5.41) is 0.618. The number of nitrogens with one attached hydrogen (secondary N) is 1. The number of carbonyl (C=O) groups excluding carboxylic acids is 1. The minimum atomic E-state index is -0.275. The number of hydrogen-bond acceptors (Lipinski definition) is 4. The van der Waals surface area contributed by atoms with Gasteiger partial charge in [-0.2, -0.15) is 0 Å². The second-order valence-corrected chi connectivity index (χ2v) is 4.90. The van der Waals surface area contributed by atoms with E-state index in [1.165, 1.54) is 18.9 Å². The SMILES string of the molecule is COC(=O)CSc1cc(-c2cnc[nH]2)ccc1Cl. The van der Waals surface area contributed by atoms with E-state index >= 15 is 0 Å². The molecule has 0 unspecified atom stereocenters. The molecule has 2 aromatic rings. The Balaban J connectivity index is 2.19. The summed E-state index contributed by atoms with van der Waals surface area (Å²) in [6, 6.07) is 5.62. The van der Waals surface area contributed by atoms with E-state index in [2.05, 4.69) is 14.7 Å². The fourth-order valence-corrected chi connectivity index (χ4v) is 2.48. The van der Waals surface area contributed by atoms with E-state index in [9.17, 15) is 4.79 Å². The van der Waals surface area contributed by atoms with E-state index in [4.69, 9.17) is 11.6 Å². The van der Waals surface area contributed by atoms with Gasteiger partial charge >= 0.3 is 5.97 Å². The van der Waals surface area contributed by atoms with Gasteiger partial charge in [-0.1, -0.05) is 17.7 Å². The van der Waals surface area contributed by atoms with Gasteiger partial charge in [0.05, 0.1) is 36.1 Å². The highest BCUT2D eigenvalue weighted by atomic mass is 35.5. The van der Waals surface area contributed by atoms with Crippen LogP contribution in [0.4, 0.5) is 0 Å². The Morgan fingerprint density at radius 1 is 1.56 bits per heavy atom. The van der Waals surface area contributed by atoms with Crippen LogP contribution in [0.2, 0.25) is 5.02 Å². The summed E-state index contributed by atoms with van der Waals surface area (Å²) < 4.78 is 4.60. The molecule has 0 aliphatic rings. The molecule has 0 saturated heterocycles. The third kappa shape index (κ3) is 3.05. The lowest BCUT2D eigenvalue weighted by Gasteiger charge is -2.05. The number of benzene rings is 1. The summed E-state index contributed by atoms with van der Waals surface area (Å²) in [7, 11) is 1.37. The van der Waals surface area contributed by atoms with Crippen LogP contribution in [0.15, 0.2) is 35.6 Å². The number of thioether (sulfide) groups is 1. The van der Waals surface area contributed by atoms with Crippen molar-refractivity contribution in [1.29, 1.82) is 0 Å². The van der Waals surface area contributed by atoms with E-state index in [1.807, 2.05) is 12.1 Å². The van der Waals surface area contributed by atoms with Crippen LogP contribution in [0, 0.1) is 0 Å². The molecule has 6 heteroatoms. The van der Waals surface area contributed by atoms with Crippen molar-refractivity contribution in [2.24, 2.45) is 0 Å². The van der Waals surface area contributed by atoms with Crippen molar-refractivity contribution in [3.63, 3.8) is 0 Å². The zero-order valence-electron chi connectivity index (χ0n) is 9.64. The predicted octanol–water partition coefficient (Wildman–Crippen LogP) is 3.00. The van der Waals surface area contributed by atoms with Gasteiger partial charge in [-0.3, -0.25) is 4.79 Å². The summed E-state index contributed by atoms with van der Waals surface area (Å²) in [6.45, 7) is 0. The quantitative estimate of drug-likeness (QED) is 0.692. The fraction of sp³-hybridized carbons (Fsp3) is 0.167. The van der Waals surface area contributed by atoms with Crippen LogP contribution in [0.25, 0.3) is 11.3 Å². The van der Waals surface area contributed by atoms with E-state index in [0.29, 0.717) is 5.02 Å². The third-order valence-corrected chi connectivity index (χ3v) is 3.78. The Bertz CT molecular complexity index is 543. The summed E-state index contributed by atoms with van der Waals surface area (Å²) in [5.41, 5.74) is 1.89. The first-order chi connectivity index (χ1) is 8.70. The highest BCUT2D eigenvalue weighted by Crippen LogP contribution is 2.31. The molecule has 1 heterocycles. The Morgan fingerprint density at radius 3 is 3.06 bits per heavy atom. The molecule has 1 aromatic heterocycles. The maximum absolute atomic E-state index is 11.1. The Morgan fingerprint density at radius 2 is 2.39 bits per heavy atom. The molecule has 0 aliphatic carbocycles. The highest BCUT2D eigenvalue weighted by molar-refractivity contribution is 8.00. The fourth-order valence-electron chi connectivity index (χ4n) is 1.39. The van der Waals surface area contributed by atoms with Gasteiger partial charge in [0.2, 0.25) is 0 Å². The summed E-state index contributed by atoms with van der Waals surface area (Å²) in [6.07, 6.45) is 3.35. The molecule has 0 bridgehead atoms. The smallest absolute Gasteiger partial charge is 0.315 e. The largest absolute Gasteiger partial charge is 0.468 e. The van der Waals surface area contributed by atoms with Crippen LogP contribution < -0.4 is 0 Å². The standard InChI is InChI=1S/C12H11ClN2O2S/c1-17-12(16)6-18-11-4-8(2-3-9(11)13)10-5-14-7-15-10/h2-5,7H,6H2,1H3,(H,14,15). The topological polar surface area (TPSA) is 55.0 Å².